The maximum atomic E-state index is 13.8. The van der Waals surface area contributed by atoms with Crippen molar-refractivity contribution in [2.75, 3.05) is 78.1 Å². The molecule has 0 atom stereocenters. The van der Waals surface area contributed by atoms with Gasteiger partial charge in [0.15, 0.2) is 16.6 Å². The molecule has 0 radical (unpaired) electrons. The van der Waals surface area contributed by atoms with E-state index in [4.69, 9.17) is 19.2 Å². The Kier molecular flexibility index (Phi) is 9.16. The number of amides is 2. The van der Waals surface area contributed by atoms with Crippen molar-refractivity contribution in [2.24, 2.45) is 0 Å². The van der Waals surface area contributed by atoms with Gasteiger partial charge in [0.2, 0.25) is 10.0 Å². The lowest BCUT2D eigenvalue weighted by atomic mass is 10.2. The van der Waals surface area contributed by atoms with Crippen LogP contribution in [0.3, 0.4) is 0 Å². The molecule has 2 aliphatic rings. The number of thiazole rings is 1. The highest BCUT2D eigenvalue weighted by Crippen LogP contribution is 2.39. The fraction of sp³-hybridized carbons (Fsp3) is 0.464. The van der Waals surface area contributed by atoms with Crippen LogP contribution in [0.1, 0.15) is 23.7 Å². The Morgan fingerprint density at radius 3 is 2.31 bits per heavy atom. The molecule has 42 heavy (non-hydrogen) atoms. The molecule has 0 aliphatic carbocycles. The first-order valence-corrected chi connectivity index (χ1v) is 16.1. The fourth-order valence-corrected chi connectivity index (χ4v) is 7.22. The van der Waals surface area contributed by atoms with E-state index in [0.29, 0.717) is 47.5 Å². The van der Waals surface area contributed by atoms with Crippen molar-refractivity contribution in [3.05, 3.63) is 42.0 Å². The summed E-state index contributed by atoms with van der Waals surface area (Å²) in [6.07, 6.45) is 0.281. The molecule has 2 aromatic carbocycles. The van der Waals surface area contributed by atoms with Crippen molar-refractivity contribution >= 4 is 48.7 Å². The third-order valence-electron chi connectivity index (χ3n) is 7.01. The Morgan fingerprint density at radius 1 is 1.00 bits per heavy atom. The minimum atomic E-state index is -3.80. The summed E-state index contributed by atoms with van der Waals surface area (Å²) in [5.41, 5.74) is 1.07. The molecule has 3 aromatic rings. The van der Waals surface area contributed by atoms with Gasteiger partial charge in [-0.3, -0.25) is 9.69 Å². The zero-order valence-corrected chi connectivity index (χ0v) is 25.6. The number of fused-ring (bicyclic) bond motifs is 2. The number of anilines is 1. The maximum absolute atomic E-state index is 13.8. The number of rotatable bonds is 9. The van der Waals surface area contributed by atoms with Gasteiger partial charge in [0.05, 0.1) is 21.7 Å². The van der Waals surface area contributed by atoms with E-state index in [1.807, 2.05) is 26.2 Å². The molecule has 12 nitrogen and oxygen atoms in total. The van der Waals surface area contributed by atoms with Crippen molar-refractivity contribution in [1.29, 1.82) is 0 Å². The quantitative estimate of drug-likeness (QED) is 0.357. The minimum Gasteiger partial charge on any atom is -0.486 e. The second-order valence-electron chi connectivity index (χ2n) is 10.2. The van der Waals surface area contributed by atoms with Crippen LogP contribution < -0.4 is 14.4 Å². The predicted octanol–water partition coefficient (Wildman–Crippen LogP) is 3.13. The zero-order chi connectivity index (χ0) is 29.9. The van der Waals surface area contributed by atoms with Gasteiger partial charge < -0.3 is 24.0 Å². The molecule has 0 bridgehead atoms. The average Bonchev–Trinajstić information content (AvgIpc) is 3.40. The Labute approximate surface area is 249 Å². The Balaban J connectivity index is 1.34. The number of aromatic nitrogens is 1. The molecule has 2 aliphatic heterocycles. The molecule has 0 saturated carbocycles. The normalized spacial score (nSPS) is 15.7. The highest BCUT2D eigenvalue weighted by atomic mass is 32.2. The van der Waals surface area contributed by atoms with Crippen LogP contribution in [0.25, 0.3) is 10.2 Å². The van der Waals surface area contributed by atoms with E-state index >= 15 is 0 Å². The van der Waals surface area contributed by atoms with E-state index < -0.39 is 16.1 Å². The Hall–Kier alpha value is -3.46. The number of ether oxygens (including phenoxy) is 3. The summed E-state index contributed by atoms with van der Waals surface area (Å²) in [4.78, 5) is 35.8. The first-order chi connectivity index (χ1) is 20.2. The molecule has 3 heterocycles. The van der Waals surface area contributed by atoms with Crippen LogP contribution in [0.2, 0.25) is 0 Å². The number of sulfonamides is 1. The fourth-order valence-electron chi connectivity index (χ4n) is 4.80. The molecule has 1 aromatic heterocycles. The van der Waals surface area contributed by atoms with Gasteiger partial charge in [0.25, 0.3) is 5.91 Å². The van der Waals surface area contributed by atoms with Crippen LogP contribution in [0.5, 0.6) is 11.5 Å². The maximum Gasteiger partial charge on any atom is 0.409 e. The van der Waals surface area contributed by atoms with E-state index in [2.05, 4.69) is 4.90 Å². The van der Waals surface area contributed by atoms with E-state index in [0.717, 1.165) is 17.7 Å². The van der Waals surface area contributed by atoms with E-state index in [-0.39, 0.29) is 43.6 Å². The van der Waals surface area contributed by atoms with Gasteiger partial charge in [0, 0.05) is 50.4 Å². The molecular weight excluding hydrogens is 582 g/mol. The number of piperazine rings is 1. The Morgan fingerprint density at radius 2 is 1.67 bits per heavy atom. The number of hydrogen-bond donors (Lipinski definition) is 0. The highest BCUT2D eigenvalue weighted by molar-refractivity contribution is 7.89. The van der Waals surface area contributed by atoms with Crippen molar-refractivity contribution in [2.45, 2.75) is 18.2 Å². The molecule has 14 heteroatoms. The van der Waals surface area contributed by atoms with Crippen LogP contribution in [-0.4, -0.2) is 113 Å². The van der Waals surface area contributed by atoms with Crippen molar-refractivity contribution < 1.29 is 32.2 Å². The van der Waals surface area contributed by atoms with Crippen molar-refractivity contribution in [3.8, 4) is 11.5 Å². The first-order valence-electron chi connectivity index (χ1n) is 13.9. The second-order valence-corrected chi connectivity index (χ2v) is 13.1. The topological polar surface area (TPSA) is 122 Å². The van der Waals surface area contributed by atoms with Crippen molar-refractivity contribution in [1.82, 2.24) is 19.1 Å². The van der Waals surface area contributed by atoms with Gasteiger partial charge in [-0.1, -0.05) is 11.3 Å². The standard InChI is InChI=1S/C28H35N5O7S2/c1-4-38-28(35)31-12-14-32(15-13-31)42(36,37)21-8-6-20(7-9-21)26(34)33(11-5-10-30(2)3)27-29-22-18-23-24(19-25(22)41-27)40-17-16-39-23/h6-9,18-19H,4-5,10-17H2,1-3H3. The molecular formula is C28H35N5O7S2. The van der Waals surface area contributed by atoms with Crippen LogP contribution in [-0.2, 0) is 14.8 Å². The Bertz CT molecular complexity index is 1490. The van der Waals surface area contributed by atoms with Crippen molar-refractivity contribution in [3.63, 3.8) is 0 Å². The van der Waals surface area contributed by atoms with E-state index in [1.165, 1.54) is 44.8 Å². The average molecular weight is 618 g/mol. The number of benzene rings is 2. The van der Waals surface area contributed by atoms with Gasteiger partial charge in [-0.2, -0.15) is 4.31 Å². The molecule has 0 spiro atoms. The smallest absolute Gasteiger partial charge is 0.409 e. The summed E-state index contributed by atoms with van der Waals surface area (Å²) < 4.78 is 45.3. The van der Waals surface area contributed by atoms with Crippen LogP contribution in [0.4, 0.5) is 9.93 Å². The van der Waals surface area contributed by atoms with Crippen LogP contribution >= 0.6 is 11.3 Å². The molecule has 0 unspecified atom stereocenters. The lowest BCUT2D eigenvalue weighted by molar-refractivity contribution is 0.0933. The summed E-state index contributed by atoms with van der Waals surface area (Å²) in [5, 5.41) is 0.548. The number of carbonyl (C=O) groups excluding carboxylic acids is 2. The molecule has 226 valence electrons. The third-order valence-corrected chi connectivity index (χ3v) is 9.96. The molecule has 2 amide bonds. The third kappa shape index (κ3) is 6.46. The highest BCUT2D eigenvalue weighted by Gasteiger charge is 2.31. The molecule has 1 saturated heterocycles. The number of hydrogen-bond acceptors (Lipinski definition) is 10. The zero-order valence-electron chi connectivity index (χ0n) is 23.9. The number of carbonyl (C=O) groups is 2. The predicted molar refractivity (Wildman–Crippen MR) is 159 cm³/mol. The second kappa shape index (κ2) is 12.8. The van der Waals surface area contributed by atoms with Gasteiger partial charge >= 0.3 is 6.09 Å². The lowest BCUT2D eigenvalue weighted by Gasteiger charge is -2.33. The lowest BCUT2D eigenvalue weighted by Crippen LogP contribution is -2.50. The summed E-state index contributed by atoms with van der Waals surface area (Å²) in [6.45, 7) is 5.00. The molecule has 1 fully saturated rings. The summed E-state index contributed by atoms with van der Waals surface area (Å²) in [5.74, 6) is 1.03. The van der Waals surface area contributed by atoms with Gasteiger partial charge in [-0.15, -0.1) is 0 Å². The summed E-state index contributed by atoms with van der Waals surface area (Å²) in [6, 6.07) is 9.71. The summed E-state index contributed by atoms with van der Waals surface area (Å²) >= 11 is 1.40. The largest absolute Gasteiger partial charge is 0.486 e. The van der Waals surface area contributed by atoms with Crippen LogP contribution in [0.15, 0.2) is 41.3 Å². The van der Waals surface area contributed by atoms with E-state index in [1.54, 1.807) is 11.8 Å². The molecule has 5 rings (SSSR count). The monoisotopic (exact) mass is 617 g/mol. The summed E-state index contributed by atoms with van der Waals surface area (Å²) in [7, 11) is 0.155. The molecule has 0 N–H and O–H groups in total. The van der Waals surface area contributed by atoms with Gasteiger partial charge in [-0.25, -0.2) is 18.2 Å². The van der Waals surface area contributed by atoms with Gasteiger partial charge in [-0.05, 0) is 58.3 Å². The number of nitrogens with zero attached hydrogens (tertiary/aromatic N) is 5. The SMILES string of the molecule is CCOC(=O)N1CCN(S(=O)(=O)c2ccc(C(=O)N(CCCN(C)C)c3nc4cc5c(cc4s3)OCCO5)cc2)CC1. The first kappa shape index (κ1) is 30.0. The van der Waals surface area contributed by atoms with Crippen LogP contribution in [0, 0.1) is 0 Å². The van der Waals surface area contributed by atoms with Gasteiger partial charge in [0.1, 0.15) is 13.2 Å². The minimum absolute atomic E-state index is 0.0911. The van der Waals surface area contributed by atoms with E-state index in [9.17, 15) is 18.0 Å².